The maximum Gasteiger partial charge on any atom is 0.282 e. The number of morpholine rings is 1. The van der Waals surface area contributed by atoms with Gasteiger partial charge < -0.3 is 9.84 Å². The van der Waals surface area contributed by atoms with Crippen LogP contribution >= 0.6 is 0 Å². The number of ether oxygens (including phenoxy) is 1. The third-order valence-corrected chi connectivity index (χ3v) is 5.95. The Kier molecular flexibility index (Phi) is 4.71. The Hall–Kier alpha value is -0.210. The fourth-order valence-corrected chi connectivity index (χ4v) is 5.46. The van der Waals surface area contributed by atoms with E-state index in [1.165, 1.54) is 8.61 Å². The molecule has 7 heteroatoms. The Morgan fingerprint density at radius 2 is 1.71 bits per heavy atom. The number of nitrogens with zero attached hydrogens (tertiary/aromatic N) is 2. The second-order valence-corrected chi connectivity index (χ2v) is 9.37. The van der Waals surface area contributed by atoms with Gasteiger partial charge in [0.25, 0.3) is 10.2 Å². The molecule has 0 saturated carbocycles. The molecule has 6 nitrogen and oxygen atoms in total. The smallest absolute Gasteiger partial charge is 0.282 e. The number of aliphatic hydroxyl groups is 1. The van der Waals surface area contributed by atoms with Crippen LogP contribution in [0, 0.1) is 5.92 Å². The van der Waals surface area contributed by atoms with Crippen LogP contribution in [0.2, 0.25) is 0 Å². The van der Waals surface area contributed by atoms with E-state index >= 15 is 0 Å². The van der Waals surface area contributed by atoms with Crippen molar-refractivity contribution in [3.05, 3.63) is 0 Å². The predicted molar refractivity (Wildman–Crippen MR) is 81.1 cm³/mol. The second kappa shape index (κ2) is 5.77. The molecule has 2 saturated heterocycles. The molecule has 2 heterocycles. The van der Waals surface area contributed by atoms with Crippen molar-refractivity contribution in [2.75, 3.05) is 32.8 Å². The minimum absolute atomic E-state index is 0.0477. The fourth-order valence-electron chi connectivity index (χ4n) is 3.43. The topological polar surface area (TPSA) is 70.1 Å². The first-order chi connectivity index (χ1) is 9.56. The maximum absolute atomic E-state index is 12.9. The lowest BCUT2D eigenvalue weighted by atomic mass is 10.0. The van der Waals surface area contributed by atoms with Crippen LogP contribution < -0.4 is 0 Å². The first kappa shape index (κ1) is 17.1. The molecule has 0 radical (unpaired) electrons. The summed E-state index contributed by atoms with van der Waals surface area (Å²) in [7, 11) is -3.49. The van der Waals surface area contributed by atoms with Crippen LogP contribution in [-0.4, -0.2) is 66.1 Å². The Morgan fingerprint density at radius 1 is 1.14 bits per heavy atom. The standard InChI is InChI=1S/C14H28N2O4S/c1-13(2)10-16(11-14(3,4)20-13)21(18,19)15-7-5-6-12(8-15)9-17/h12,17H,5-11H2,1-4H3. The molecule has 2 rings (SSSR count). The molecule has 0 aromatic rings. The normalized spacial score (nSPS) is 31.2. The molecule has 124 valence electrons. The van der Waals surface area contributed by atoms with E-state index in [2.05, 4.69) is 0 Å². The lowest BCUT2D eigenvalue weighted by molar-refractivity contribution is -0.164. The first-order valence-electron chi connectivity index (χ1n) is 7.62. The van der Waals surface area contributed by atoms with Gasteiger partial charge in [0.05, 0.1) is 11.2 Å². The molecule has 1 unspecified atom stereocenters. The van der Waals surface area contributed by atoms with Crippen LogP contribution in [0.5, 0.6) is 0 Å². The lowest BCUT2D eigenvalue weighted by Gasteiger charge is -2.47. The maximum atomic E-state index is 12.9. The van der Waals surface area contributed by atoms with Crippen molar-refractivity contribution in [3.63, 3.8) is 0 Å². The average molecular weight is 320 g/mol. The molecular weight excluding hydrogens is 292 g/mol. The van der Waals surface area contributed by atoms with Crippen LogP contribution in [0.25, 0.3) is 0 Å². The lowest BCUT2D eigenvalue weighted by Crippen LogP contribution is -2.61. The summed E-state index contributed by atoms with van der Waals surface area (Å²) in [6, 6.07) is 0. The summed E-state index contributed by atoms with van der Waals surface area (Å²) in [5.41, 5.74) is -0.998. The van der Waals surface area contributed by atoms with Gasteiger partial charge in [0.15, 0.2) is 0 Å². The van der Waals surface area contributed by atoms with Crippen molar-refractivity contribution in [1.82, 2.24) is 8.61 Å². The highest BCUT2D eigenvalue weighted by molar-refractivity contribution is 7.86. The van der Waals surface area contributed by atoms with Gasteiger partial charge in [0, 0.05) is 32.8 Å². The van der Waals surface area contributed by atoms with Gasteiger partial charge in [0.1, 0.15) is 0 Å². The Labute approximate surface area is 128 Å². The van der Waals surface area contributed by atoms with Crippen molar-refractivity contribution in [3.8, 4) is 0 Å². The van der Waals surface area contributed by atoms with Gasteiger partial charge >= 0.3 is 0 Å². The van der Waals surface area contributed by atoms with E-state index in [9.17, 15) is 13.5 Å². The van der Waals surface area contributed by atoms with E-state index < -0.39 is 21.4 Å². The van der Waals surface area contributed by atoms with Gasteiger partial charge in [-0.25, -0.2) is 0 Å². The summed E-state index contributed by atoms with van der Waals surface area (Å²) in [6.45, 7) is 9.40. The number of piperidine rings is 1. The largest absolute Gasteiger partial charge is 0.396 e. The molecule has 0 aromatic heterocycles. The third kappa shape index (κ3) is 3.96. The van der Waals surface area contributed by atoms with Gasteiger partial charge in [-0.05, 0) is 46.5 Å². The summed E-state index contributed by atoms with van der Waals surface area (Å²) in [5, 5.41) is 9.30. The van der Waals surface area contributed by atoms with Crippen molar-refractivity contribution >= 4 is 10.2 Å². The summed E-state index contributed by atoms with van der Waals surface area (Å²) in [6.07, 6.45) is 1.70. The molecule has 21 heavy (non-hydrogen) atoms. The summed E-state index contributed by atoms with van der Waals surface area (Å²) >= 11 is 0. The molecule has 1 N–H and O–H groups in total. The highest BCUT2D eigenvalue weighted by atomic mass is 32.2. The Bertz CT molecular complexity index is 459. The van der Waals surface area contributed by atoms with Crippen molar-refractivity contribution in [1.29, 1.82) is 0 Å². The predicted octanol–water partition coefficient (Wildman–Crippen LogP) is 0.825. The number of aliphatic hydroxyl groups excluding tert-OH is 1. The quantitative estimate of drug-likeness (QED) is 0.836. The average Bonchev–Trinajstić information content (AvgIpc) is 2.35. The molecule has 2 aliphatic rings. The summed E-state index contributed by atoms with van der Waals surface area (Å²) in [5.74, 6) is 0.0515. The van der Waals surface area contributed by atoms with E-state index in [4.69, 9.17) is 4.74 Å². The zero-order chi connectivity index (χ0) is 15.9. The number of rotatable bonds is 3. The second-order valence-electron chi connectivity index (χ2n) is 7.45. The van der Waals surface area contributed by atoms with Crippen LogP contribution in [0.1, 0.15) is 40.5 Å². The minimum Gasteiger partial charge on any atom is -0.396 e. The fraction of sp³-hybridized carbons (Fsp3) is 1.00. The van der Waals surface area contributed by atoms with E-state index in [0.29, 0.717) is 26.2 Å². The van der Waals surface area contributed by atoms with Gasteiger partial charge in [-0.1, -0.05) is 0 Å². The molecule has 1 atom stereocenters. The molecule has 0 aliphatic carbocycles. The van der Waals surface area contributed by atoms with Crippen molar-refractivity contribution in [2.45, 2.75) is 51.7 Å². The van der Waals surface area contributed by atoms with Crippen LogP contribution in [0.15, 0.2) is 0 Å². The molecular formula is C14H28N2O4S. The van der Waals surface area contributed by atoms with E-state index in [0.717, 1.165) is 12.8 Å². The zero-order valence-corrected chi connectivity index (χ0v) is 14.3. The van der Waals surface area contributed by atoms with E-state index in [1.807, 2.05) is 27.7 Å². The van der Waals surface area contributed by atoms with Crippen LogP contribution in [0.4, 0.5) is 0 Å². The zero-order valence-electron chi connectivity index (χ0n) is 13.5. The molecule has 2 fully saturated rings. The minimum atomic E-state index is -3.49. The Morgan fingerprint density at radius 3 is 2.24 bits per heavy atom. The highest BCUT2D eigenvalue weighted by Gasteiger charge is 2.45. The number of hydrogen-bond acceptors (Lipinski definition) is 4. The number of hydrogen-bond donors (Lipinski definition) is 1. The third-order valence-electron chi connectivity index (χ3n) is 4.06. The van der Waals surface area contributed by atoms with Crippen molar-refractivity contribution in [2.24, 2.45) is 5.92 Å². The summed E-state index contributed by atoms with van der Waals surface area (Å²) < 4.78 is 34.8. The van der Waals surface area contributed by atoms with Gasteiger partial charge in [-0.15, -0.1) is 0 Å². The molecule has 0 amide bonds. The highest BCUT2D eigenvalue weighted by Crippen LogP contribution is 2.31. The van der Waals surface area contributed by atoms with Crippen molar-refractivity contribution < 1.29 is 18.3 Å². The van der Waals surface area contributed by atoms with Crippen LogP contribution in [0.3, 0.4) is 0 Å². The van der Waals surface area contributed by atoms with E-state index in [1.54, 1.807) is 0 Å². The first-order valence-corrected chi connectivity index (χ1v) is 9.02. The molecule has 0 bridgehead atoms. The SMILES string of the molecule is CC1(C)CN(S(=O)(=O)N2CCCC(CO)C2)CC(C)(C)O1. The van der Waals surface area contributed by atoms with Gasteiger partial charge in [-0.3, -0.25) is 0 Å². The Balaban J connectivity index is 2.18. The van der Waals surface area contributed by atoms with E-state index in [-0.39, 0.29) is 12.5 Å². The molecule has 0 spiro atoms. The monoisotopic (exact) mass is 320 g/mol. The molecule has 2 aliphatic heterocycles. The van der Waals surface area contributed by atoms with Gasteiger partial charge in [-0.2, -0.15) is 17.0 Å². The van der Waals surface area contributed by atoms with Crippen LogP contribution in [-0.2, 0) is 14.9 Å². The molecule has 0 aromatic carbocycles. The summed E-state index contributed by atoms with van der Waals surface area (Å²) in [4.78, 5) is 0. The van der Waals surface area contributed by atoms with Gasteiger partial charge in [0.2, 0.25) is 0 Å².